The summed E-state index contributed by atoms with van der Waals surface area (Å²) in [6.07, 6.45) is 5.05. The van der Waals surface area contributed by atoms with E-state index in [1.807, 2.05) is 6.92 Å². The standard InChI is InChI=1S/C15H22N2O2/c1-2-17-15(18)12-7-8-13(16)14(9-12)19-10-11-5-3-4-6-11/h7-9,11H,2-6,10,16H2,1H3,(H,17,18). The van der Waals surface area contributed by atoms with Gasteiger partial charge in [-0.2, -0.15) is 0 Å². The Morgan fingerprint density at radius 2 is 2.16 bits per heavy atom. The molecule has 0 atom stereocenters. The van der Waals surface area contributed by atoms with Gasteiger partial charge in [0.05, 0.1) is 12.3 Å². The van der Waals surface area contributed by atoms with E-state index >= 15 is 0 Å². The van der Waals surface area contributed by atoms with Gasteiger partial charge >= 0.3 is 0 Å². The monoisotopic (exact) mass is 262 g/mol. The maximum Gasteiger partial charge on any atom is 0.251 e. The van der Waals surface area contributed by atoms with Crippen molar-refractivity contribution in [2.24, 2.45) is 5.92 Å². The fourth-order valence-electron chi connectivity index (χ4n) is 2.45. The normalized spacial score (nSPS) is 15.4. The molecule has 1 aliphatic rings. The van der Waals surface area contributed by atoms with E-state index in [0.717, 1.165) is 0 Å². The number of anilines is 1. The number of carbonyl (C=O) groups is 1. The Hall–Kier alpha value is -1.71. The molecule has 1 aliphatic carbocycles. The van der Waals surface area contributed by atoms with Gasteiger partial charge in [0.15, 0.2) is 0 Å². The minimum absolute atomic E-state index is 0.0896. The van der Waals surface area contributed by atoms with E-state index in [1.54, 1.807) is 18.2 Å². The van der Waals surface area contributed by atoms with Crippen molar-refractivity contribution >= 4 is 11.6 Å². The summed E-state index contributed by atoms with van der Waals surface area (Å²) in [6.45, 7) is 3.21. The highest BCUT2D eigenvalue weighted by Gasteiger charge is 2.16. The van der Waals surface area contributed by atoms with Gasteiger partial charge in [-0.15, -0.1) is 0 Å². The maximum atomic E-state index is 11.8. The largest absolute Gasteiger partial charge is 0.491 e. The molecule has 1 aromatic carbocycles. The number of benzene rings is 1. The second-order valence-corrected chi connectivity index (χ2v) is 5.07. The van der Waals surface area contributed by atoms with Crippen LogP contribution in [0, 0.1) is 5.92 Å². The SMILES string of the molecule is CCNC(=O)c1ccc(N)c(OCC2CCCC2)c1. The predicted octanol–water partition coefficient (Wildman–Crippen LogP) is 2.59. The molecule has 104 valence electrons. The van der Waals surface area contributed by atoms with Crippen LogP contribution in [0.25, 0.3) is 0 Å². The molecule has 1 fully saturated rings. The Balaban J connectivity index is 2.01. The number of nitrogens with two attached hydrogens (primary N) is 1. The van der Waals surface area contributed by atoms with Crippen LogP contribution in [-0.4, -0.2) is 19.1 Å². The van der Waals surface area contributed by atoms with Crippen molar-refractivity contribution in [2.75, 3.05) is 18.9 Å². The molecule has 0 unspecified atom stereocenters. The van der Waals surface area contributed by atoms with E-state index in [2.05, 4.69) is 5.32 Å². The van der Waals surface area contributed by atoms with E-state index in [1.165, 1.54) is 25.7 Å². The molecule has 0 aliphatic heterocycles. The molecular weight excluding hydrogens is 240 g/mol. The van der Waals surface area contributed by atoms with Crippen molar-refractivity contribution in [3.63, 3.8) is 0 Å². The number of carbonyl (C=O) groups excluding carboxylic acids is 1. The molecule has 0 bridgehead atoms. The quantitative estimate of drug-likeness (QED) is 0.802. The third kappa shape index (κ3) is 3.63. The molecule has 2 rings (SSSR count). The molecule has 0 radical (unpaired) electrons. The first-order chi connectivity index (χ1) is 9.20. The summed E-state index contributed by atoms with van der Waals surface area (Å²) in [4.78, 5) is 11.8. The lowest BCUT2D eigenvalue weighted by atomic mass is 10.1. The molecule has 0 aromatic heterocycles. The van der Waals surface area contributed by atoms with Crippen molar-refractivity contribution < 1.29 is 9.53 Å². The fourth-order valence-corrected chi connectivity index (χ4v) is 2.45. The third-order valence-electron chi connectivity index (χ3n) is 3.56. The van der Waals surface area contributed by atoms with Crippen LogP contribution < -0.4 is 15.8 Å². The van der Waals surface area contributed by atoms with Crippen LogP contribution >= 0.6 is 0 Å². The highest BCUT2D eigenvalue weighted by atomic mass is 16.5. The Bertz CT molecular complexity index is 440. The smallest absolute Gasteiger partial charge is 0.251 e. The number of hydrogen-bond donors (Lipinski definition) is 2. The molecule has 3 N–H and O–H groups in total. The average Bonchev–Trinajstić information content (AvgIpc) is 2.91. The predicted molar refractivity (Wildman–Crippen MR) is 76.3 cm³/mol. The van der Waals surface area contributed by atoms with Gasteiger partial charge in [-0.25, -0.2) is 0 Å². The molecular formula is C15H22N2O2. The van der Waals surface area contributed by atoms with Crippen molar-refractivity contribution in [2.45, 2.75) is 32.6 Å². The summed E-state index contributed by atoms with van der Waals surface area (Å²) < 4.78 is 5.78. The molecule has 19 heavy (non-hydrogen) atoms. The second kappa shape index (κ2) is 6.45. The minimum Gasteiger partial charge on any atom is -0.491 e. The first kappa shape index (κ1) is 13.7. The zero-order valence-electron chi connectivity index (χ0n) is 11.4. The number of ether oxygens (including phenoxy) is 1. The van der Waals surface area contributed by atoms with Gasteiger partial charge in [0, 0.05) is 12.1 Å². The number of nitrogens with one attached hydrogen (secondary N) is 1. The summed E-state index contributed by atoms with van der Waals surface area (Å²) in [6, 6.07) is 5.19. The number of hydrogen-bond acceptors (Lipinski definition) is 3. The van der Waals surface area contributed by atoms with Gasteiger partial charge in [0.2, 0.25) is 0 Å². The van der Waals surface area contributed by atoms with Crippen LogP contribution in [-0.2, 0) is 0 Å². The Labute approximate surface area is 114 Å². The zero-order valence-corrected chi connectivity index (χ0v) is 11.4. The van der Waals surface area contributed by atoms with Crippen molar-refractivity contribution in [1.82, 2.24) is 5.32 Å². The van der Waals surface area contributed by atoms with E-state index in [9.17, 15) is 4.79 Å². The van der Waals surface area contributed by atoms with Gasteiger partial charge in [-0.05, 0) is 43.9 Å². The lowest BCUT2D eigenvalue weighted by molar-refractivity contribution is 0.0955. The molecule has 0 spiro atoms. The van der Waals surface area contributed by atoms with E-state index < -0.39 is 0 Å². The first-order valence-electron chi connectivity index (χ1n) is 7.01. The Morgan fingerprint density at radius 1 is 1.42 bits per heavy atom. The molecule has 1 amide bonds. The molecule has 1 aromatic rings. The summed E-state index contributed by atoms with van der Waals surface area (Å²) in [5.74, 6) is 1.16. The Morgan fingerprint density at radius 3 is 2.84 bits per heavy atom. The Kier molecular flexibility index (Phi) is 4.66. The topological polar surface area (TPSA) is 64.4 Å². The number of nitrogen functional groups attached to an aromatic ring is 1. The second-order valence-electron chi connectivity index (χ2n) is 5.07. The molecule has 0 heterocycles. The fraction of sp³-hybridized carbons (Fsp3) is 0.533. The lowest BCUT2D eigenvalue weighted by Gasteiger charge is -2.14. The van der Waals surface area contributed by atoms with Crippen LogP contribution in [0.3, 0.4) is 0 Å². The van der Waals surface area contributed by atoms with E-state index in [4.69, 9.17) is 10.5 Å². The van der Waals surface area contributed by atoms with Gasteiger partial charge in [0.25, 0.3) is 5.91 Å². The summed E-state index contributed by atoms with van der Waals surface area (Å²) in [5.41, 5.74) is 7.08. The van der Waals surface area contributed by atoms with E-state index in [-0.39, 0.29) is 5.91 Å². The summed E-state index contributed by atoms with van der Waals surface area (Å²) >= 11 is 0. The third-order valence-corrected chi connectivity index (χ3v) is 3.56. The van der Waals surface area contributed by atoms with Crippen molar-refractivity contribution in [1.29, 1.82) is 0 Å². The van der Waals surface area contributed by atoms with E-state index in [0.29, 0.717) is 36.1 Å². The van der Waals surface area contributed by atoms with Gasteiger partial charge in [0.1, 0.15) is 5.75 Å². The molecule has 4 nitrogen and oxygen atoms in total. The van der Waals surface area contributed by atoms with Crippen LogP contribution in [0.2, 0.25) is 0 Å². The van der Waals surface area contributed by atoms with Gasteiger partial charge in [-0.1, -0.05) is 12.8 Å². The van der Waals surface area contributed by atoms with Crippen LogP contribution in [0.5, 0.6) is 5.75 Å². The van der Waals surface area contributed by atoms with Crippen molar-refractivity contribution in [3.8, 4) is 5.75 Å². The van der Waals surface area contributed by atoms with Gasteiger partial charge in [-0.3, -0.25) is 4.79 Å². The zero-order chi connectivity index (χ0) is 13.7. The van der Waals surface area contributed by atoms with Gasteiger partial charge < -0.3 is 15.8 Å². The number of amides is 1. The van der Waals surface area contributed by atoms with Crippen LogP contribution in [0.4, 0.5) is 5.69 Å². The van der Waals surface area contributed by atoms with Crippen molar-refractivity contribution in [3.05, 3.63) is 23.8 Å². The number of rotatable bonds is 5. The summed E-state index contributed by atoms with van der Waals surface area (Å²) in [7, 11) is 0. The average molecular weight is 262 g/mol. The maximum absolute atomic E-state index is 11.8. The highest BCUT2D eigenvalue weighted by Crippen LogP contribution is 2.28. The van der Waals surface area contributed by atoms with Crippen LogP contribution in [0.1, 0.15) is 43.0 Å². The summed E-state index contributed by atoms with van der Waals surface area (Å²) in [5, 5.41) is 2.77. The van der Waals surface area contributed by atoms with Crippen LogP contribution in [0.15, 0.2) is 18.2 Å². The molecule has 4 heteroatoms. The molecule has 1 saturated carbocycles. The minimum atomic E-state index is -0.0896. The lowest BCUT2D eigenvalue weighted by Crippen LogP contribution is -2.22. The first-order valence-corrected chi connectivity index (χ1v) is 7.01. The highest BCUT2D eigenvalue weighted by molar-refractivity contribution is 5.95. The molecule has 0 saturated heterocycles.